The van der Waals surface area contributed by atoms with Crippen LogP contribution in [-0.4, -0.2) is 22.3 Å². The van der Waals surface area contributed by atoms with Gasteiger partial charge in [-0.05, 0) is 45.8 Å². The van der Waals surface area contributed by atoms with E-state index in [1.54, 1.807) is 23.0 Å². The van der Waals surface area contributed by atoms with Crippen LogP contribution in [0.25, 0.3) is 0 Å². The van der Waals surface area contributed by atoms with Crippen molar-refractivity contribution in [2.45, 2.75) is 6.54 Å². The summed E-state index contributed by atoms with van der Waals surface area (Å²) in [5, 5.41) is 7.57. The molecule has 1 amide bonds. The van der Waals surface area contributed by atoms with Crippen LogP contribution in [-0.2, 0) is 11.3 Å². The molecule has 3 aromatic rings. The highest BCUT2D eigenvalue weighted by Crippen LogP contribution is 2.25. The van der Waals surface area contributed by atoms with Crippen molar-refractivity contribution in [3.05, 3.63) is 75.6 Å². The van der Waals surface area contributed by atoms with E-state index < -0.39 is 5.82 Å². The number of carbonyl (C=O) groups excluding carboxylic acids is 1. The predicted octanol–water partition coefficient (Wildman–Crippen LogP) is 4.50. The Morgan fingerprint density at radius 2 is 2.08 bits per heavy atom. The van der Waals surface area contributed by atoms with E-state index >= 15 is 0 Å². The lowest BCUT2D eigenvalue weighted by atomic mass is 10.2. The van der Waals surface area contributed by atoms with Crippen molar-refractivity contribution in [1.29, 1.82) is 0 Å². The summed E-state index contributed by atoms with van der Waals surface area (Å²) in [7, 11) is 0. The zero-order valence-electron chi connectivity index (χ0n) is 13.5. The number of nitrogens with zero attached hydrogens (tertiary/aromatic N) is 2. The molecule has 0 spiro atoms. The van der Waals surface area contributed by atoms with E-state index in [0.717, 1.165) is 5.56 Å². The number of rotatable bonds is 6. The lowest BCUT2D eigenvalue weighted by Crippen LogP contribution is -2.22. The Morgan fingerprint density at radius 1 is 1.27 bits per heavy atom. The Balaban J connectivity index is 1.62. The highest BCUT2D eigenvalue weighted by molar-refractivity contribution is 9.10. The van der Waals surface area contributed by atoms with Crippen LogP contribution in [0, 0.1) is 5.82 Å². The molecular formula is C18H14BrClFN3O2. The summed E-state index contributed by atoms with van der Waals surface area (Å²) in [5.74, 6) is 0.155. The first-order chi connectivity index (χ1) is 12.5. The first-order valence-corrected chi connectivity index (χ1v) is 8.83. The van der Waals surface area contributed by atoms with Gasteiger partial charge in [0, 0.05) is 11.1 Å². The second-order valence-corrected chi connectivity index (χ2v) is 6.64. The van der Waals surface area contributed by atoms with Crippen LogP contribution in [0.2, 0.25) is 5.02 Å². The molecule has 5 nitrogen and oxygen atoms in total. The molecule has 1 heterocycles. The number of carbonyl (C=O) groups is 1. The Kier molecular flexibility index (Phi) is 5.90. The second-order valence-electron chi connectivity index (χ2n) is 5.38. The zero-order valence-corrected chi connectivity index (χ0v) is 15.8. The molecule has 0 atom stereocenters. The molecule has 0 fully saturated rings. The first kappa shape index (κ1) is 18.4. The Hall–Kier alpha value is -2.38. The van der Waals surface area contributed by atoms with Crippen LogP contribution in [0.3, 0.4) is 0 Å². The fraction of sp³-hybridized carbons (Fsp3) is 0.111. The number of nitrogens with one attached hydrogen (secondary N) is 1. The molecule has 1 N–H and O–H groups in total. The Morgan fingerprint density at radius 3 is 2.85 bits per heavy atom. The molecule has 0 radical (unpaired) electrons. The molecule has 0 aliphatic carbocycles. The third-order valence-corrected chi connectivity index (χ3v) is 4.50. The molecule has 0 aliphatic rings. The van der Waals surface area contributed by atoms with Gasteiger partial charge in [-0.1, -0.05) is 29.8 Å². The summed E-state index contributed by atoms with van der Waals surface area (Å²) >= 11 is 9.35. The van der Waals surface area contributed by atoms with Gasteiger partial charge in [0.05, 0.1) is 17.2 Å². The second kappa shape index (κ2) is 8.33. The highest BCUT2D eigenvalue weighted by Gasteiger charge is 2.11. The minimum atomic E-state index is -0.392. The molecule has 3 rings (SSSR count). The molecule has 26 heavy (non-hydrogen) atoms. The van der Waals surface area contributed by atoms with Crippen LogP contribution in [0.5, 0.6) is 5.75 Å². The van der Waals surface area contributed by atoms with Gasteiger partial charge in [0.1, 0.15) is 17.4 Å². The summed E-state index contributed by atoms with van der Waals surface area (Å²) in [5.41, 5.74) is 0.889. The summed E-state index contributed by atoms with van der Waals surface area (Å²) in [4.78, 5) is 12.1. The number of ether oxygens (including phenoxy) is 1. The number of amides is 1. The maximum Gasteiger partial charge on any atom is 0.263 e. The zero-order chi connectivity index (χ0) is 18.5. The minimum Gasteiger partial charge on any atom is -0.483 e. The predicted molar refractivity (Wildman–Crippen MR) is 101 cm³/mol. The molecule has 0 saturated heterocycles. The summed E-state index contributed by atoms with van der Waals surface area (Å²) < 4.78 is 20.5. The van der Waals surface area contributed by atoms with Crippen LogP contribution < -0.4 is 10.1 Å². The largest absolute Gasteiger partial charge is 0.483 e. The number of aromatic nitrogens is 2. The van der Waals surface area contributed by atoms with E-state index in [-0.39, 0.29) is 12.5 Å². The SMILES string of the molecule is O=C(COc1ccc(F)cc1Br)Nc1ccnn1Cc1ccccc1Cl. The molecule has 1 aromatic heterocycles. The maximum atomic E-state index is 13.1. The van der Waals surface area contributed by atoms with E-state index in [9.17, 15) is 9.18 Å². The van der Waals surface area contributed by atoms with Gasteiger partial charge in [0.25, 0.3) is 5.91 Å². The molecule has 0 aliphatic heterocycles. The van der Waals surface area contributed by atoms with E-state index in [2.05, 4.69) is 26.3 Å². The lowest BCUT2D eigenvalue weighted by Gasteiger charge is -2.11. The van der Waals surface area contributed by atoms with Crippen molar-refractivity contribution in [3.8, 4) is 5.75 Å². The van der Waals surface area contributed by atoms with Crippen LogP contribution in [0.4, 0.5) is 10.2 Å². The molecule has 0 unspecified atom stereocenters. The molecule has 0 bridgehead atoms. The van der Waals surface area contributed by atoms with Crippen molar-refractivity contribution in [3.63, 3.8) is 0 Å². The van der Waals surface area contributed by atoms with Crippen molar-refractivity contribution < 1.29 is 13.9 Å². The number of hydrogen-bond acceptors (Lipinski definition) is 3. The van der Waals surface area contributed by atoms with E-state index in [1.165, 1.54) is 18.2 Å². The number of anilines is 1. The molecule has 2 aromatic carbocycles. The van der Waals surface area contributed by atoms with E-state index in [4.69, 9.17) is 16.3 Å². The normalized spacial score (nSPS) is 10.6. The van der Waals surface area contributed by atoms with Crippen molar-refractivity contribution in [2.75, 3.05) is 11.9 Å². The van der Waals surface area contributed by atoms with Gasteiger partial charge in [0.15, 0.2) is 6.61 Å². The van der Waals surface area contributed by atoms with E-state index in [0.29, 0.717) is 27.6 Å². The summed E-state index contributed by atoms with van der Waals surface area (Å²) in [6.07, 6.45) is 1.59. The topological polar surface area (TPSA) is 56.1 Å². The third kappa shape index (κ3) is 4.62. The fourth-order valence-corrected chi connectivity index (χ4v) is 2.93. The summed E-state index contributed by atoms with van der Waals surface area (Å²) in [6.45, 7) is 0.203. The molecule has 0 saturated carbocycles. The fourth-order valence-electron chi connectivity index (χ4n) is 2.27. The van der Waals surface area contributed by atoms with Crippen LogP contribution in [0.1, 0.15) is 5.56 Å². The van der Waals surface area contributed by atoms with Crippen molar-refractivity contribution in [1.82, 2.24) is 9.78 Å². The van der Waals surface area contributed by atoms with Gasteiger partial charge in [-0.25, -0.2) is 9.07 Å². The quantitative estimate of drug-likeness (QED) is 0.616. The average molecular weight is 439 g/mol. The monoisotopic (exact) mass is 437 g/mol. The highest BCUT2D eigenvalue weighted by atomic mass is 79.9. The van der Waals surface area contributed by atoms with E-state index in [1.807, 2.05) is 18.2 Å². The lowest BCUT2D eigenvalue weighted by molar-refractivity contribution is -0.118. The summed E-state index contributed by atoms with van der Waals surface area (Å²) in [6, 6.07) is 13.1. The Bertz CT molecular complexity index is 932. The average Bonchev–Trinajstić information content (AvgIpc) is 3.03. The third-order valence-electron chi connectivity index (χ3n) is 3.51. The van der Waals surface area contributed by atoms with Gasteiger partial charge in [-0.15, -0.1) is 0 Å². The van der Waals surface area contributed by atoms with Crippen molar-refractivity contribution in [2.24, 2.45) is 0 Å². The van der Waals surface area contributed by atoms with Gasteiger partial charge >= 0.3 is 0 Å². The van der Waals surface area contributed by atoms with Gasteiger partial charge < -0.3 is 10.1 Å². The molecular weight excluding hydrogens is 425 g/mol. The minimum absolute atomic E-state index is 0.221. The van der Waals surface area contributed by atoms with Gasteiger partial charge in [-0.3, -0.25) is 4.79 Å². The number of hydrogen-bond donors (Lipinski definition) is 1. The standard InChI is InChI=1S/C18H14BrClFN3O2/c19-14-9-13(21)5-6-16(14)26-11-18(25)23-17-7-8-22-24(17)10-12-3-1-2-4-15(12)20/h1-9H,10-11H2,(H,23,25). The number of halogens is 3. The molecule has 134 valence electrons. The maximum absolute atomic E-state index is 13.1. The van der Waals surface area contributed by atoms with Crippen molar-refractivity contribution >= 4 is 39.3 Å². The number of benzene rings is 2. The Labute approximate surface area is 162 Å². The first-order valence-electron chi connectivity index (χ1n) is 7.66. The van der Waals surface area contributed by atoms with Crippen LogP contribution >= 0.6 is 27.5 Å². The smallest absolute Gasteiger partial charge is 0.263 e. The molecule has 8 heteroatoms. The van der Waals surface area contributed by atoms with Gasteiger partial charge in [0.2, 0.25) is 0 Å². The van der Waals surface area contributed by atoms with Gasteiger partial charge in [-0.2, -0.15) is 5.10 Å². The van der Waals surface area contributed by atoms with Crippen LogP contribution in [0.15, 0.2) is 59.2 Å².